The number of hydrogen-bond acceptors (Lipinski definition) is 2. The van der Waals surface area contributed by atoms with Crippen molar-refractivity contribution < 1.29 is 4.79 Å². The minimum atomic E-state index is 0.0277. The molecule has 1 amide bonds. The molecule has 0 spiro atoms. The summed E-state index contributed by atoms with van der Waals surface area (Å²) in [5.74, 6) is 7.39. The molecular weight excluding hydrogens is 296 g/mol. The number of piperidine rings is 1. The number of carbonyl (C=O) groups excluding carboxylic acids is 1. The Morgan fingerprint density at radius 1 is 1.21 bits per heavy atom. The summed E-state index contributed by atoms with van der Waals surface area (Å²) in [6, 6.07) is 16.0. The first-order valence-electron chi connectivity index (χ1n) is 8.51. The van der Waals surface area contributed by atoms with Crippen molar-refractivity contribution in [1.82, 2.24) is 9.88 Å². The Hall–Kier alpha value is -2.60. The van der Waals surface area contributed by atoms with Gasteiger partial charge in [0.05, 0.1) is 5.41 Å². The molecule has 2 atom stereocenters. The molecule has 120 valence electrons. The fraction of sp³-hybridized carbons (Fsp3) is 0.333. The molecule has 1 saturated carbocycles. The van der Waals surface area contributed by atoms with Crippen molar-refractivity contribution in [2.45, 2.75) is 19.3 Å². The van der Waals surface area contributed by atoms with Crippen LogP contribution in [0.4, 0.5) is 0 Å². The van der Waals surface area contributed by atoms with Gasteiger partial charge in [0.15, 0.2) is 0 Å². The zero-order valence-electron chi connectivity index (χ0n) is 13.6. The van der Waals surface area contributed by atoms with Gasteiger partial charge in [0.25, 0.3) is 0 Å². The SMILES string of the molecule is O=C(CCc1ccccc1)N1CC2CC2(C#Cc2ccccn2)C1. The van der Waals surface area contributed by atoms with Gasteiger partial charge in [-0.25, -0.2) is 4.98 Å². The highest BCUT2D eigenvalue weighted by Gasteiger charge is 2.60. The van der Waals surface area contributed by atoms with E-state index in [9.17, 15) is 4.79 Å². The van der Waals surface area contributed by atoms with E-state index < -0.39 is 0 Å². The zero-order chi connectivity index (χ0) is 16.4. The molecule has 2 aromatic rings. The fourth-order valence-corrected chi connectivity index (χ4v) is 3.55. The van der Waals surface area contributed by atoms with Crippen LogP contribution >= 0.6 is 0 Å². The molecule has 4 rings (SSSR count). The molecule has 2 heterocycles. The second-order valence-corrected chi connectivity index (χ2v) is 6.78. The minimum absolute atomic E-state index is 0.0277. The van der Waals surface area contributed by atoms with Crippen molar-refractivity contribution in [3.8, 4) is 11.8 Å². The molecule has 2 aliphatic rings. The number of rotatable bonds is 3. The van der Waals surface area contributed by atoms with Crippen LogP contribution in [0.2, 0.25) is 0 Å². The van der Waals surface area contributed by atoms with Crippen LogP contribution in [-0.4, -0.2) is 28.9 Å². The molecule has 2 fully saturated rings. The summed E-state index contributed by atoms with van der Waals surface area (Å²) in [5, 5.41) is 0. The molecule has 3 heteroatoms. The number of aromatic nitrogens is 1. The fourth-order valence-electron chi connectivity index (χ4n) is 3.55. The molecule has 0 radical (unpaired) electrons. The first-order valence-corrected chi connectivity index (χ1v) is 8.51. The van der Waals surface area contributed by atoms with E-state index in [1.54, 1.807) is 6.20 Å². The lowest BCUT2D eigenvalue weighted by molar-refractivity contribution is -0.130. The Morgan fingerprint density at radius 3 is 2.83 bits per heavy atom. The smallest absolute Gasteiger partial charge is 0.222 e. The molecular formula is C21H20N2O. The number of nitrogens with zero attached hydrogens (tertiary/aromatic N) is 2. The van der Waals surface area contributed by atoms with E-state index in [4.69, 9.17) is 0 Å². The van der Waals surface area contributed by atoms with Gasteiger partial charge in [0.1, 0.15) is 5.69 Å². The topological polar surface area (TPSA) is 33.2 Å². The molecule has 1 aliphatic carbocycles. The third-order valence-corrected chi connectivity index (χ3v) is 5.07. The second kappa shape index (κ2) is 6.13. The van der Waals surface area contributed by atoms with E-state index in [1.807, 2.05) is 41.3 Å². The third kappa shape index (κ3) is 3.05. The summed E-state index contributed by atoms with van der Waals surface area (Å²) in [6.45, 7) is 1.65. The van der Waals surface area contributed by atoms with E-state index in [1.165, 1.54) is 5.56 Å². The van der Waals surface area contributed by atoms with Crippen LogP contribution in [-0.2, 0) is 11.2 Å². The van der Waals surface area contributed by atoms with Crippen LogP contribution in [0.15, 0.2) is 54.7 Å². The van der Waals surface area contributed by atoms with Crippen molar-refractivity contribution >= 4 is 5.91 Å². The van der Waals surface area contributed by atoms with Crippen LogP contribution in [0.25, 0.3) is 0 Å². The highest BCUT2D eigenvalue weighted by Crippen LogP contribution is 2.57. The summed E-state index contributed by atoms with van der Waals surface area (Å²) in [6.07, 6.45) is 4.28. The number of likely N-dealkylation sites (tertiary alicyclic amines) is 1. The van der Waals surface area contributed by atoms with Gasteiger partial charge in [-0.05, 0) is 42.4 Å². The monoisotopic (exact) mass is 316 g/mol. The Bertz CT molecular complexity index is 791. The quantitative estimate of drug-likeness (QED) is 0.816. The lowest BCUT2D eigenvalue weighted by Gasteiger charge is -2.19. The number of fused-ring (bicyclic) bond motifs is 1. The second-order valence-electron chi connectivity index (χ2n) is 6.78. The number of pyridine rings is 1. The van der Waals surface area contributed by atoms with Gasteiger partial charge in [-0.3, -0.25) is 4.79 Å². The molecule has 1 aromatic carbocycles. The summed E-state index contributed by atoms with van der Waals surface area (Å²) < 4.78 is 0. The van der Waals surface area contributed by atoms with Crippen LogP contribution < -0.4 is 0 Å². The van der Waals surface area contributed by atoms with Crippen molar-refractivity contribution in [2.24, 2.45) is 11.3 Å². The van der Waals surface area contributed by atoms with Crippen LogP contribution in [0.3, 0.4) is 0 Å². The van der Waals surface area contributed by atoms with Crippen LogP contribution in [0.5, 0.6) is 0 Å². The van der Waals surface area contributed by atoms with Crippen LogP contribution in [0, 0.1) is 23.2 Å². The Labute approximate surface area is 142 Å². The number of aryl methyl sites for hydroxylation is 1. The number of carbonyl (C=O) groups is 1. The first kappa shape index (κ1) is 15.0. The Kier molecular flexibility index (Phi) is 3.82. The van der Waals surface area contributed by atoms with Gasteiger partial charge in [-0.15, -0.1) is 0 Å². The third-order valence-electron chi connectivity index (χ3n) is 5.07. The zero-order valence-corrected chi connectivity index (χ0v) is 13.6. The van der Waals surface area contributed by atoms with Crippen LogP contribution in [0.1, 0.15) is 24.1 Å². The number of hydrogen-bond donors (Lipinski definition) is 0. The maximum atomic E-state index is 12.5. The van der Waals surface area contributed by atoms with E-state index in [2.05, 4.69) is 29.0 Å². The minimum Gasteiger partial charge on any atom is -0.341 e. The van der Waals surface area contributed by atoms with E-state index in [0.29, 0.717) is 12.3 Å². The van der Waals surface area contributed by atoms with Gasteiger partial charge < -0.3 is 4.90 Å². The van der Waals surface area contributed by atoms with Crippen molar-refractivity contribution in [3.05, 3.63) is 66.0 Å². The predicted octanol–water partition coefficient (Wildman–Crippen LogP) is 2.91. The lowest BCUT2D eigenvalue weighted by Crippen LogP contribution is -2.31. The van der Waals surface area contributed by atoms with Gasteiger partial charge in [-0.1, -0.05) is 42.3 Å². The molecule has 3 nitrogen and oxygen atoms in total. The summed E-state index contributed by atoms with van der Waals surface area (Å²) in [7, 11) is 0. The number of benzene rings is 1. The lowest BCUT2D eigenvalue weighted by atomic mass is 10.1. The van der Waals surface area contributed by atoms with Gasteiger partial charge >= 0.3 is 0 Å². The largest absolute Gasteiger partial charge is 0.341 e. The van der Waals surface area contributed by atoms with E-state index >= 15 is 0 Å². The number of amides is 1. The predicted molar refractivity (Wildman–Crippen MR) is 93.0 cm³/mol. The highest BCUT2D eigenvalue weighted by molar-refractivity contribution is 5.77. The van der Waals surface area contributed by atoms with Gasteiger partial charge in [-0.2, -0.15) is 0 Å². The molecule has 1 aromatic heterocycles. The standard InChI is InChI=1S/C21H20N2O/c24-20(10-9-17-6-2-1-3-7-17)23-15-18-14-21(18,16-23)12-11-19-8-4-5-13-22-19/h1-8,13,18H,9-10,14-16H2. The molecule has 0 bridgehead atoms. The average molecular weight is 316 g/mol. The Morgan fingerprint density at radius 2 is 2.04 bits per heavy atom. The van der Waals surface area contributed by atoms with Crippen molar-refractivity contribution in [3.63, 3.8) is 0 Å². The molecule has 0 N–H and O–H groups in total. The molecule has 24 heavy (non-hydrogen) atoms. The summed E-state index contributed by atoms with van der Waals surface area (Å²) in [5.41, 5.74) is 2.06. The first-order chi connectivity index (χ1) is 11.8. The maximum absolute atomic E-state index is 12.5. The Balaban J connectivity index is 1.35. The van der Waals surface area contributed by atoms with Crippen molar-refractivity contribution in [2.75, 3.05) is 13.1 Å². The average Bonchev–Trinajstić information content (AvgIpc) is 3.20. The van der Waals surface area contributed by atoms with Gasteiger partial charge in [0, 0.05) is 25.7 Å². The summed E-state index contributed by atoms with van der Waals surface area (Å²) in [4.78, 5) is 18.7. The maximum Gasteiger partial charge on any atom is 0.222 e. The molecule has 1 saturated heterocycles. The normalized spacial score (nSPS) is 24.0. The highest BCUT2D eigenvalue weighted by atomic mass is 16.2. The summed E-state index contributed by atoms with van der Waals surface area (Å²) >= 11 is 0. The molecule has 1 aliphatic heterocycles. The van der Waals surface area contributed by atoms with E-state index in [0.717, 1.165) is 31.6 Å². The molecule has 2 unspecified atom stereocenters. The van der Waals surface area contributed by atoms with Crippen molar-refractivity contribution in [1.29, 1.82) is 0 Å². The van der Waals surface area contributed by atoms with Gasteiger partial charge in [0.2, 0.25) is 5.91 Å². The van der Waals surface area contributed by atoms with E-state index in [-0.39, 0.29) is 11.3 Å².